The number of carbonyl (C=O) groups excluding carboxylic acids is 2. The van der Waals surface area contributed by atoms with Gasteiger partial charge in [-0.15, -0.1) is 12.4 Å². The molecule has 2 amide bonds. The van der Waals surface area contributed by atoms with Crippen LogP contribution in [0.15, 0.2) is 24.3 Å². The van der Waals surface area contributed by atoms with Gasteiger partial charge in [0.15, 0.2) is 0 Å². The Morgan fingerprint density at radius 1 is 1.32 bits per heavy atom. The number of halogens is 1. The molecule has 1 saturated carbocycles. The number of benzene rings is 1. The van der Waals surface area contributed by atoms with E-state index in [-0.39, 0.29) is 36.1 Å². The molecule has 0 aromatic heterocycles. The van der Waals surface area contributed by atoms with Crippen LogP contribution in [0, 0.1) is 17.8 Å². The number of anilines is 1. The smallest absolute Gasteiger partial charge is 0.227 e. The van der Waals surface area contributed by atoms with Crippen LogP contribution in [0.25, 0.3) is 0 Å². The molecule has 1 unspecified atom stereocenters. The molecular formula is C19H30ClN3O2. The van der Waals surface area contributed by atoms with Crippen molar-refractivity contribution in [1.29, 1.82) is 0 Å². The summed E-state index contributed by atoms with van der Waals surface area (Å²) >= 11 is 0. The third kappa shape index (κ3) is 6.01. The molecule has 1 aliphatic carbocycles. The van der Waals surface area contributed by atoms with Gasteiger partial charge in [-0.3, -0.25) is 9.59 Å². The predicted octanol–water partition coefficient (Wildman–Crippen LogP) is 3.08. The van der Waals surface area contributed by atoms with Crippen molar-refractivity contribution in [3.8, 4) is 0 Å². The molecule has 0 radical (unpaired) electrons. The van der Waals surface area contributed by atoms with Crippen molar-refractivity contribution in [3.05, 3.63) is 29.8 Å². The predicted molar refractivity (Wildman–Crippen MR) is 104 cm³/mol. The lowest BCUT2D eigenvalue weighted by Crippen LogP contribution is -2.34. The van der Waals surface area contributed by atoms with Crippen molar-refractivity contribution in [3.63, 3.8) is 0 Å². The Morgan fingerprint density at radius 2 is 2.08 bits per heavy atom. The molecule has 1 aromatic carbocycles. The van der Waals surface area contributed by atoms with E-state index in [0.29, 0.717) is 19.0 Å². The summed E-state index contributed by atoms with van der Waals surface area (Å²) in [6, 6.07) is 7.63. The summed E-state index contributed by atoms with van der Waals surface area (Å²) < 4.78 is 0. The Hall–Kier alpha value is -1.59. The first-order valence-electron chi connectivity index (χ1n) is 8.92. The van der Waals surface area contributed by atoms with Crippen LogP contribution in [0.3, 0.4) is 0 Å². The molecule has 5 nitrogen and oxygen atoms in total. The first kappa shape index (κ1) is 21.5. The maximum absolute atomic E-state index is 12.3. The van der Waals surface area contributed by atoms with Gasteiger partial charge in [-0.1, -0.05) is 32.4 Å². The van der Waals surface area contributed by atoms with E-state index in [0.717, 1.165) is 36.9 Å². The number of nitrogens with one attached hydrogen (secondary N) is 2. The summed E-state index contributed by atoms with van der Waals surface area (Å²) in [5, 5.41) is 5.94. The van der Waals surface area contributed by atoms with E-state index in [2.05, 4.69) is 10.6 Å². The summed E-state index contributed by atoms with van der Waals surface area (Å²) in [6.45, 7) is 4.96. The minimum Gasteiger partial charge on any atom is -0.352 e. The monoisotopic (exact) mass is 367 g/mol. The third-order valence-electron chi connectivity index (χ3n) is 5.02. The molecule has 4 N–H and O–H groups in total. The van der Waals surface area contributed by atoms with E-state index >= 15 is 0 Å². The fraction of sp³-hybridized carbons (Fsp3) is 0.579. The lowest BCUT2D eigenvalue weighted by Gasteiger charge is -2.17. The molecule has 3 atom stereocenters. The topological polar surface area (TPSA) is 84.2 Å². The van der Waals surface area contributed by atoms with Crippen LogP contribution in [0.5, 0.6) is 0 Å². The number of nitrogens with two attached hydrogens (primary N) is 1. The zero-order valence-electron chi connectivity index (χ0n) is 15.1. The first-order valence-corrected chi connectivity index (χ1v) is 8.92. The highest BCUT2D eigenvalue weighted by Crippen LogP contribution is 2.31. The highest BCUT2D eigenvalue weighted by Gasteiger charge is 2.31. The van der Waals surface area contributed by atoms with Gasteiger partial charge in [0.25, 0.3) is 0 Å². The van der Waals surface area contributed by atoms with Crippen LogP contribution in [0.1, 0.15) is 45.1 Å². The van der Waals surface area contributed by atoms with E-state index in [9.17, 15) is 9.59 Å². The normalized spacial score (nSPS) is 20.4. The van der Waals surface area contributed by atoms with Crippen molar-refractivity contribution in [2.45, 2.75) is 46.1 Å². The van der Waals surface area contributed by atoms with E-state index in [4.69, 9.17) is 5.73 Å². The fourth-order valence-electron chi connectivity index (χ4n) is 3.19. The third-order valence-corrected chi connectivity index (χ3v) is 5.02. The minimum absolute atomic E-state index is 0. The van der Waals surface area contributed by atoms with Gasteiger partial charge >= 0.3 is 0 Å². The summed E-state index contributed by atoms with van der Waals surface area (Å²) in [5.41, 5.74) is 7.50. The van der Waals surface area contributed by atoms with E-state index < -0.39 is 0 Å². The van der Waals surface area contributed by atoms with Gasteiger partial charge < -0.3 is 16.4 Å². The molecule has 25 heavy (non-hydrogen) atoms. The van der Waals surface area contributed by atoms with Crippen LogP contribution >= 0.6 is 12.4 Å². The largest absolute Gasteiger partial charge is 0.352 e. The lowest BCUT2D eigenvalue weighted by atomic mass is 9.95. The van der Waals surface area contributed by atoms with Crippen molar-refractivity contribution in [2.24, 2.45) is 23.5 Å². The van der Waals surface area contributed by atoms with Crippen molar-refractivity contribution >= 4 is 29.9 Å². The molecule has 0 aliphatic heterocycles. The van der Waals surface area contributed by atoms with Gasteiger partial charge in [0.1, 0.15) is 0 Å². The van der Waals surface area contributed by atoms with Gasteiger partial charge in [0.2, 0.25) is 11.8 Å². The molecule has 0 saturated heterocycles. The molecule has 0 bridgehead atoms. The Bertz CT molecular complexity index is 580. The highest BCUT2D eigenvalue weighted by atomic mass is 35.5. The van der Waals surface area contributed by atoms with Gasteiger partial charge in [-0.2, -0.15) is 0 Å². The number of hydrogen-bond donors (Lipinski definition) is 3. The van der Waals surface area contributed by atoms with Crippen LogP contribution < -0.4 is 16.4 Å². The quantitative estimate of drug-likeness (QED) is 0.692. The summed E-state index contributed by atoms with van der Waals surface area (Å²) in [6.07, 6.45) is 3.87. The Kier molecular flexibility index (Phi) is 8.93. The number of carbonyl (C=O) groups is 2. The van der Waals surface area contributed by atoms with Crippen molar-refractivity contribution < 1.29 is 9.59 Å². The molecule has 6 heteroatoms. The molecule has 1 fully saturated rings. The van der Waals surface area contributed by atoms with Gasteiger partial charge in [0.05, 0.1) is 0 Å². The van der Waals surface area contributed by atoms with Gasteiger partial charge in [0, 0.05) is 24.1 Å². The van der Waals surface area contributed by atoms with Crippen LogP contribution in [0.4, 0.5) is 5.69 Å². The second kappa shape index (κ2) is 10.4. The molecule has 140 valence electrons. The van der Waals surface area contributed by atoms with Gasteiger partial charge in [-0.05, 0) is 49.4 Å². The number of hydrogen-bond acceptors (Lipinski definition) is 3. The Balaban J connectivity index is 0.00000312. The molecule has 0 heterocycles. The highest BCUT2D eigenvalue weighted by molar-refractivity contribution is 5.92. The standard InChI is InChI=1S/C19H29N3O2.ClH/c1-3-13(2)18(23)22-16-8-4-6-14(10-16)12-21-19(24)17-9-5-7-15(17)11-20;/h4,6,8,10,13,15,17H,3,5,7,9,11-12,20H2,1-2H3,(H,21,24)(H,22,23);1H/t13?,15-,17-;/m1./s1. The van der Waals surface area contributed by atoms with Gasteiger partial charge in [-0.25, -0.2) is 0 Å². The summed E-state index contributed by atoms with van der Waals surface area (Å²) in [4.78, 5) is 24.3. The van der Waals surface area contributed by atoms with Crippen LogP contribution in [0.2, 0.25) is 0 Å². The van der Waals surface area contributed by atoms with E-state index in [1.165, 1.54) is 0 Å². The number of rotatable bonds is 7. The van der Waals surface area contributed by atoms with E-state index in [1.54, 1.807) is 0 Å². The average Bonchev–Trinajstić information content (AvgIpc) is 3.08. The minimum atomic E-state index is -0.0103. The average molecular weight is 368 g/mol. The Morgan fingerprint density at radius 3 is 2.76 bits per heavy atom. The number of amides is 2. The zero-order chi connectivity index (χ0) is 17.5. The van der Waals surface area contributed by atoms with E-state index in [1.807, 2.05) is 38.1 Å². The second-order valence-electron chi connectivity index (χ2n) is 6.75. The lowest BCUT2D eigenvalue weighted by molar-refractivity contribution is -0.126. The first-order chi connectivity index (χ1) is 11.5. The fourth-order valence-corrected chi connectivity index (χ4v) is 3.19. The molecule has 1 aromatic rings. The van der Waals surface area contributed by atoms with Crippen LogP contribution in [-0.2, 0) is 16.1 Å². The maximum atomic E-state index is 12.3. The summed E-state index contributed by atoms with van der Waals surface area (Å²) in [7, 11) is 0. The molecular weight excluding hydrogens is 338 g/mol. The maximum Gasteiger partial charge on any atom is 0.227 e. The second-order valence-corrected chi connectivity index (χ2v) is 6.75. The Labute approximate surface area is 156 Å². The zero-order valence-corrected chi connectivity index (χ0v) is 15.9. The SMILES string of the molecule is CCC(C)C(=O)Nc1cccc(CNC(=O)[C@@H]2CCC[C@@H]2CN)c1.Cl. The molecule has 2 rings (SSSR count). The summed E-state index contributed by atoms with van der Waals surface area (Å²) in [5.74, 6) is 0.464. The molecule has 0 spiro atoms. The van der Waals surface area contributed by atoms with Crippen LogP contribution in [-0.4, -0.2) is 18.4 Å². The molecule has 1 aliphatic rings. The van der Waals surface area contributed by atoms with Crippen molar-refractivity contribution in [1.82, 2.24) is 5.32 Å². The van der Waals surface area contributed by atoms with Crippen molar-refractivity contribution in [2.75, 3.05) is 11.9 Å².